The van der Waals surface area contributed by atoms with Gasteiger partial charge in [0.1, 0.15) is 43.2 Å². The zero-order valence-corrected chi connectivity index (χ0v) is 41.8. The summed E-state index contributed by atoms with van der Waals surface area (Å²) in [5, 5.41) is 62.1. The van der Waals surface area contributed by atoms with E-state index in [0.717, 1.165) is 38.5 Å². The molecule has 7 unspecified atom stereocenters. The van der Waals surface area contributed by atoms with Gasteiger partial charge in [-0.25, -0.2) is 9.13 Å². The molecule has 0 radical (unpaired) electrons. The molecule has 18 nitrogen and oxygen atoms in total. The van der Waals surface area contributed by atoms with Crippen LogP contribution in [0.2, 0.25) is 0 Å². The van der Waals surface area contributed by atoms with Crippen LogP contribution >= 0.6 is 15.6 Å². The number of unbranched alkanes of at least 4 members (excludes halogenated alkanes) is 17. The van der Waals surface area contributed by atoms with Crippen LogP contribution in [0.1, 0.15) is 181 Å². The van der Waals surface area contributed by atoms with Crippen molar-refractivity contribution in [3.8, 4) is 0 Å². The van der Waals surface area contributed by atoms with Crippen LogP contribution in [-0.4, -0.2) is 125 Å². The van der Waals surface area contributed by atoms with Crippen LogP contribution in [0, 0.1) is 0 Å². The minimum Gasteiger partial charge on any atom is -0.462 e. The largest absolute Gasteiger partial charge is 0.472 e. The number of rotatable bonds is 41. The summed E-state index contributed by atoms with van der Waals surface area (Å²) in [5.74, 6) is -1.48. The van der Waals surface area contributed by atoms with Crippen molar-refractivity contribution in [2.24, 2.45) is 0 Å². The number of ether oxygens (including phenoxy) is 2. The molecule has 0 saturated heterocycles. The highest BCUT2D eigenvalue weighted by Crippen LogP contribution is 2.49. The number of phosphoric acid groups is 2. The molecule has 0 bridgehead atoms. The summed E-state index contributed by atoms with van der Waals surface area (Å²) in [5.41, 5.74) is 0. The lowest BCUT2D eigenvalue weighted by molar-refractivity contribution is -0.216. The molecule has 0 amide bonds. The molecule has 1 rings (SSSR count). The van der Waals surface area contributed by atoms with Gasteiger partial charge in [0.05, 0.1) is 18.8 Å². The third kappa shape index (κ3) is 31.9. The first-order valence-electron chi connectivity index (χ1n) is 24.7. The Hall–Kier alpha value is -1.86. The van der Waals surface area contributed by atoms with Gasteiger partial charge in [0.15, 0.2) is 6.10 Å². The summed E-state index contributed by atoms with van der Waals surface area (Å²) >= 11 is 0. The molecule has 1 aliphatic carbocycles. The van der Waals surface area contributed by atoms with Crippen LogP contribution in [0.4, 0.5) is 0 Å². The number of hydrogen-bond donors (Lipinski definition) is 9. The van der Waals surface area contributed by atoms with E-state index in [1.165, 1.54) is 83.5 Å². The number of aliphatic hydroxyl groups excluding tert-OH is 6. The van der Waals surface area contributed by atoms with Crippen molar-refractivity contribution in [2.75, 3.05) is 13.2 Å². The third-order valence-corrected chi connectivity index (χ3v) is 12.9. The van der Waals surface area contributed by atoms with Gasteiger partial charge in [0.25, 0.3) is 0 Å². The highest BCUT2D eigenvalue weighted by atomic mass is 31.2. The number of aliphatic hydroxyl groups is 6. The Morgan fingerprint density at radius 1 is 0.537 bits per heavy atom. The quantitative estimate of drug-likeness (QED) is 0.0124. The smallest absolute Gasteiger partial charge is 0.462 e. The fraction of sp³-hybridized carbons (Fsp3) is 0.830. The van der Waals surface area contributed by atoms with Crippen molar-refractivity contribution in [3.05, 3.63) is 36.5 Å². The number of esters is 2. The first-order chi connectivity index (χ1) is 31.9. The van der Waals surface area contributed by atoms with Gasteiger partial charge in [-0.3, -0.25) is 23.2 Å². The summed E-state index contributed by atoms with van der Waals surface area (Å²) in [6.07, 6.45) is 18.2. The molecular formula is C47H86O18P2. The number of phosphoric ester groups is 2. The average molecular weight is 1000 g/mol. The maximum absolute atomic E-state index is 13.0. The Bertz CT molecular complexity index is 1470. The van der Waals surface area contributed by atoms with Gasteiger partial charge >= 0.3 is 27.6 Å². The van der Waals surface area contributed by atoms with E-state index >= 15 is 0 Å². The molecule has 20 heteroatoms. The molecule has 392 valence electrons. The molecule has 1 aliphatic rings. The fourth-order valence-corrected chi connectivity index (χ4v) is 8.96. The summed E-state index contributed by atoms with van der Waals surface area (Å²) in [7, 11) is -10.8. The summed E-state index contributed by atoms with van der Waals surface area (Å²) in [6, 6.07) is 0. The molecular weight excluding hydrogens is 914 g/mol. The van der Waals surface area contributed by atoms with E-state index in [1.807, 2.05) is 12.2 Å². The highest BCUT2D eigenvalue weighted by molar-refractivity contribution is 7.47. The Labute approximate surface area is 399 Å². The predicted molar refractivity (Wildman–Crippen MR) is 253 cm³/mol. The zero-order chi connectivity index (χ0) is 49.9. The number of hydrogen-bond acceptors (Lipinski definition) is 15. The van der Waals surface area contributed by atoms with Gasteiger partial charge in [-0.2, -0.15) is 0 Å². The van der Waals surface area contributed by atoms with Crippen LogP contribution in [0.3, 0.4) is 0 Å². The Morgan fingerprint density at radius 3 is 1.57 bits per heavy atom. The van der Waals surface area contributed by atoms with E-state index in [4.69, 9.17) is 18.5 Å². The molecule has 0 aliphatic heterocycles. The van der Waals surface area contributed by atoms with Gasteiger partial charge in [-0.1, -0.05) is 153 Å². The normalized spacial score (nSPS) is 22.6. The van der Waals surface area contributed by atoms with Crippen LogP contribution < -0.4 is 0 Å². The molecule has 10 atom stereocenters. The van der Waals surface area contributed by atoms with Crippen LogP contribution in [0.15, 0.2) is 36.5 Å². The molecule has 0 aromatic heterocycles. The molecule has 1 saturated carbocycles. The number of carbonyl (C=O) groups is 2. The first kappa shape index (κ1) is 63.2. The van der Waals surface area contributed by atoms with Gasteiger partial charge in [0.2, 0.25) is 0 Å². The first-order valence-corrected chi connectivity index (χ1v) is 27.7. The zero-order valence-electron chi connectivity index (χ0n) is 40.1. The minimum atomic E-state index is -5.40. The topological polar surface area (TPSA) is 296 Å². The molecule has 0 heterocycles. The highest BCUT2D eigenvalue weighted by Gasteiger charge is 2.54. The second-order valence-corrected chi connectivity index (χ2v) is 20.1. The van der Waals surface area contributed by atoms with E-state index in [2.05, 4.69) is 36.6 Å². The Morgan fingerprint density at radius 2 is 1.01 bits per heavy atom. The van der Waals surface area contributed by atoms with Crippen LogP contribution in [0.5, 0.6) is 0 Å². The molecule has 0 aromatic rings. The monoisotopic (exact) mass is 1000 g/mol. The van der Waals surface area contributed by atoms with Gasteiger partial charge in [0, 0.05) is 12.8 Å². The second-order valence-electron chi connectivity index (χ2n) is 17.5. The predicted octanol–water partition coefficient (Wildman–Crippen LogP) is 7.45. The Kier molecular flexibility index (Phi) is 35.7. The lowest BCUT2D eigenvalue weighted by Gasteiger charge is -2.43. The summed E-state index contributed by atoms with van der Waals surface area (Å²) in [6.45, 7) is 2.85. The van der Waals surface area contributed by atoms with E-state index in [1.54, 1.807) is 6.08 Å². The maximum Gasteiger partial charge on any atom is 0.472 e. The second kappa shape index (κ2) is 37.9. The molecule has 9 N–H and O–H groups in total. The fourth-order valence-electron chi connectivity index (χ4n) is 7.42. The standard InChI is InChI=1S/C47H86O18P2/c1-3-5-7-9-11-13-15-17-18-19-21-23-25-27-29-33-40(50)61-35-37(36-62-67(59,60)65-47-44(54)42(52)43(53)46(45(47)55)64-66(56,57)58)63-41(51)34-30-32-39(49)38(48)31-28-26-24-22-20-16-14-12-10-8-6-4-2/h12,14,20,22,26,28,37-39,42-49,52-55H,3-11,13,15-19,21,23-25,27,29-36H2,1-2H3,(H,59,60)(H2,56,57,58)/b14-12-,22-20-,28-26-/t37-,38?,39?,42?,43?,44?,45?,46-,47+/m1/s1. The van der Waals surface area contributed by atoms with Gasteiger partial charge in [-0.15, -0.1) is 0 Å². The Balaban J connectivity index is 2.68. The lowest BCUT2D eigenvalue weighted by Crippen LogP contribution is -2.64. The minimum absolute atomic E-state index is 0.0308. The van der Waals surface area contributed by atoms with Crippen molar-refractivity contribution in [1.29, 1.82) is 0 Å². The molecule has 0 spiro atoms. The number of allylic oxidation sites excluding steroid dienone is 5. The van der Waals surface area contributed by atoms with Crippen molar-refractivity contribution >= 4 is 27.6 Å². The van der Waals surface area contributed by atoms with Crippen molar-refractivity contribution in [1.82, 2.24) is 0 Å². The summed E-state index contributed by atoms with van der Waals surface area (Å²) < 4.78 is 49.2. The van der Waals surface area contributed by atoms with Crippen molar-refractivity contribution in [3.63, 3.8) is 0 Å². The lowest BCUT2D eigenvalue weighted by atomic mass is 9.85. The van der Waals surface area contributed by atoms with E-state index in [-0.39, 0.29) is 32.1 Å². The van der Waals surface area contributed by atoms with E-state index in [9.17, 15) is 64.0 Å². The van der Waals surface area contributed by atoms with Gasteiger partial charge < -0.3 is 54.8 Å². The average Bonchev–Trinajstić information content (AvgIpc) is 3.28. The third-order valence-electron chi connectivity index (χ3n) is 11.4. The van der Waals surface area contributed by atoms with Crippen molar-refractivity contribution in [2.45, 2.75) is 236 Å². The molecule has 1 fully saturated rings. The number of carbonyl (C=O) groups excluding carboxylic acids is 2. The van der Waals surface area contributed by atoms with E-state index in [0.29, 0.717) is 12.8 Å². The molecule has 67 heavy (non-hydrogen) atoms. The summed E-state index contributed by atoms with van der Waals surface area (Å²) in [4.78, 5) is 54.4. The van der Waals surface area contributed by atoms with E-state index < -0.39 is 95.7 Å². The van der Waals surface area contributed by atoms with Crippen LogP contribution in [-0.2, 0) is 41.8 Å². The van der Waals surface area contributed by atoms with Gasteiger partial charge in [-0.05, 0) is 51.4 Å². The SMILES string of the molecule is CCCCC/C=C\C/C=C\C/C=C\CC(O)C(O)CCCC(=O)O[C@H](COC(=O)CCCCCCCCCCCCCCCCC)COP(=O)(O)O[C@H]1C(O)C(O)C(O)[C@@H](OP(=O)(O)O)C1O. The maximum atomic E-state index is 13.0. The van der Waals surface area contributed by atoms with Crippen LogP contribution in [0.25, 0.3) is 0 Å². The van der Waals surface area contributed by atoms with Crippen molar-refractivity contribution < 1.29 is 87.1 Å². The molecule has 0 aromatic carbocycles.